The minimum Gasteiger partial charge on any atom is -0.480 e. The van der Waals surface area contributed by atoms with Gasteiger partial charge in [-0.05, 0) is 50.5 Å². The Bertz CT molecular complexity index is 495. The van der Waals surface area contributed by atoms with E-state index in [4.69, 9.17) is 5.11 Å². The number of aryl methyl sites for hydroxylation is 2. The Morgan fingerprint density at radius 1 is 1.32 bits per heavy atom. The fourth-order valence-corrected chi connectivity index (χ4v) is 1.67. The van der Waals surface area contributed by atoms with Crippen molar-refractivity contribution in [3.63, 3.8) is 0 Å². The van der Waals surface area contributed by atoms with E-state index >= 15 is 0 Å². The van der Waals surface area contributed by atoms with Gasteiger partial charge in [0.25, 0.3) is 0 Å². The highest BCUT2D eigenvalue weighted by atomic mass is 16.4. The van der Waals surface area contributed by atoms with E-state index in [1.165, 1.54) is 19.4 Å². The van der Waals surface area contributed by atoms with E-state index in [-0.39, 0.29) is 0 Å². The maximum atomic E-state index is 11.7. The molecule has 0 aliphatic heterocycles. The monoisotopic (exact) mass is 264 g/mol. The molecule has 5 heteroatoms. The summed E-state index contributed by atoms with van der Waals surface area (Å²) in [6, 6.07) is 5.09. The summed E-state index contributed by atoms with van der Waals surface area (Å²) in [6.45, 7) is 6.90. The number of carbonyl (C=O) groups excluding carboxylic acids is 1. The Hall–Kier alpha value is -2.04. The van der Waals surface area contributed by atoms with Crippen LogP contribution in [0.4, 0.5) is 10.5 Å². The van der Waals surface area contributed by atoms with Crippen LogP contribution < -0.4 is 10.6 Å². The molecule has 3 N–H and O–H groups in total. The zero-order valence-electron chi connectivity index (χ0n) is 11.7. The fraction of sp³-hybridized carbons (Fsp3) is 0.429. The van der Waals surface area contributed by atoms with E-state index < -0.39 is 17.5 Å². The number of nitrogens with one attached hydrogen (secondary N) is 2. The van der Waals surface area contributed by atoms with Crippen LogP contribution >= 0.6 is 0 Å². The van der Waals surface area contributed by atoms with Crippen molar-refractivity contribution >= 4 is 17.7 Å². The Morgan fingerprint density at radius 2 is 1.95 bits per heavy atom. The summed E-state index contributed by atoms with van der Waals surface area (Å²) in [5, 5.41) is 14.0. The van der Waals surface area contributed by atoms with E-state index in [9.17, 15) is 9.59 Å². The van der Waals surface area contributed by atoms with Crippen molar-refractivity contribution in [3.8, 4) is 0 Å². The second-order valence-corrected chi connectivity index (χ2v) is 5.00. The van der Waals surface area contributed by atoms with Gasteiger partial charge in [-0.3, -0.25) is 0 Å². The van der Waals surface area contributed by atoms with E-state index in [0.717, 1.165) is 12.0 Å². The third-order valence-electron chi connectivity index (χ3n) is 2.94. The molecule has 2 amide bonds. The number of amides is 2. The lowest BCUT2D eigenvalue weighted by atomic mass is 10.1. The molecule has 0 aromatic heterocycles. The van der Waals surface area contributed by atoms with Crippen LogP contribution in [0, 0.1) is 6.92 Å². The second-order valence-electron chi connectivity index (χ2n) is 5.00. The fourth-order valence-electron chi connectivity index (χ4n) is 1.67. The first-order chi connectivity index (χ1) is 8.76. The predicted octanol–water partition coefficient (Wildman–Crippen LogP) is 2.54. The minimum atomic E-state index is -1.30. The van der Waals surface area contributed by atoms with Crippen molar-refractivity contribution in [2.45, 2.75) is 39.7 Å². The average Bonchev–Trinajstić information content (AvgIpc) is 2.28. The molecule has 0 radical (unpaired) electrons. The van der Waals surface area contributed by atoms with Crippen molar-refractivity contribution in [2.24, 2.45) is 0 Å². The van der Waals surface area contributed by atoms with Gasteiger partial charge in [0, 0.05) is 5.69 Å². The molecule has 5 nitrogen and oxygen atoms in total. The molecule has 0 saturated carbocycles. The Morgan fingerprint density at radius 3 is 2.42 bits per heavy atom. The van der Waals surface area contributed by atoms with E-state index in [1.807, 2.05) is 19.1 Å². The number of carbonyl (C=O) groups is 2. The van der Waals surface area contributed by atoms with Crippen LogP contribution in [0.5, 0.6) is 0 Å². The molecule has 0 fully saturated rings. The van der Waals surface area contributed by atoms with Gasteiger partial charge in [0.05, 0.1) is 0 Å². The number of hydrogen-bond acceptors (Lipinski definition) is 2. The number of carboxylic acid groups (broad SMARTS) is 1. The van der Waals surface area contributed by atoms with E-state index in [2.05, 4.69) is 17.6 Å². The van der Waals surface area contributed by atoms with Crippen molar-refractivity contribution < 1.29 is 14.7 Å². The van der Waals surface area contributed by atoms with Crippen LogP contribution in [0.1, 0.15) is 31.9 Å². The third kappa shape index (κ3) is 3.98. The number of carboxylic acids is 1. The maximum Gasteiger partial charge on any atom is 0.328 e. The summed E-state index contributed by atoms with van der Waals surface area (Å²) < 4.78 is 0. The summed E-state index contributed by atoms with van der Waals surface area (Å²) in [5.41, 5.74) is 1.66. The summed E-state index contributed by atoms with van der Waals surface area (Å²) in [7, 11) is 0. The second kappa shape index (κ2) is 5.73. The highest BCUT2D eigenvalue weighted by molar-refractivity contribution is 5.93. The third-order valence-corrected chi connectivity index (χ3v) is 2.94. The first-order valence-corrected chi connectivity index (χ1v) is 6.18. The number of benzene rings is 1. The molecular formula is C14H20N2O3. The summed E-state index contributed by atoms with van der Waals surface area (Å²) in [6.07, 6.45) is 0.935. The van der Waals surface area contributed by atoms with Crippen LogP contribution in [0.3, 0.4) is 0 Å². The normalized spacial score (nSPS) is 10.9. The lowest BCUT2D eigenvalue weighted by Gasteiger charge is -2.21. The molecule has 1 aromatic rings. The molecule has 0 bridgehead atoms. The molecule has 0 spiro atoms. The number of rotatable bonds is 4. The van der Waals surface area contributed by atoms with Crippen LogP contribution in [0.2, 0.25) is 0 Å². The van der Waals surface area contributed by atoms with Crippen LogP contribution in [0.25, 0.3) is 0 Å². The number of urea groups is 1. The van der Waals surface area contributed by atoms with Gasteiger partial charge >= 0.3 is 12.0 Å². The maximum absolute atomic E-state index is 11.7. The molecular weight excluding hydrogens is 244 g/mol. The van der Waals surface area contributed by atoms with Gasteiger partial charge in [-0.25, -0.2) is 9.59 Å². The zero-order valence-corrected chi connectivity index (χ0v) is 11.7. The average molecular weight is 264 g/mol. The standard InChI is InChI=1S/C14H20N2O3/c1-5-10-6-7-11(8-9(10)2)15-13(19)16-14(3,4)12(17)18/h6-8H,5H2,1-4H3,(H,17,18)(H2,15,16,19). The molecule has 19 heavy (non-hydrogen) atoms. The summed E-state index contributed by atoms with van der Waals surface area (Å²) in [5.74, 6) is -1.08. The topological polar surface area (TPSA) is 78.4 Å². The summed E-state index contributed by atoms with van der Waals surface area (Å²) >= 11 is 0. The number of anilines is 1. The summed E-state index contributed by atoms with van der Waals surface area (Å²) in [4.78, 5) is 22.6. The lowest BCUT2D eigenvalue weighted by Crippen LogP contribution is -2.51. The molecule has 1 aromatic carbocycles. The lowest BCUT2D eigenvalue weighted by molar-refractivity contribution is -0.142. The number of aliphatic carboxylic acids is 1. The minimum absolute atomic E-state index is 0.531. The SMILES string of the molecule is CCc1ccc(NC(=O)NC(C)(C)C(=O)O)cc1C. The Labute approximate surface area is 113 Å². The van der Waals surface area contributed by atoms with Gasteiger partial charge in [-0.15, -0.1) is 0 Å². The molecule has 0 unspecified atom stereocenters. The molecule has 0 heterocycles. The van der Waals surface area contributed by atoms with Crippen LogP contribution in [0.15, 0.2) is 18.2 Å². The molecule has 0 saturated heterocycles. The number of hydrogen-bond donors (Lipinski definition) is 3. The predicted molar refractivity (Wildman–Crippen MR) is 74.4 cm³/mol. The quantitative estimate of drug-likeness (QED) is 0.782. The van der Waals surface area contributed by atoms with E-state index in [1.54, 1.807) is 6.07 Å². The first-order valence-electron chi connectivity index (χ1n) is 6.18. The largest absolute Gasteiger partial charge is 0.480 e. The van der Waals surface area contributed by atoms with Crippen LogP contribution in [-0.2, 0) is 11.2 Å². The van der Waals surface area contributed by atoms with Gasteiger partial charge in [0.15, 0.2) is 0 Å². The zero-order chi connectivity index (χ0) is 14.6. The van der Waals surface area contributed by atoms with Gasteiger partial charge in [0.2, 0.25) is 0 Å². The molecule has 1 rings (SSSR count). The van der Waals surface area contributed by atoms with Crippen LogP contribution in [-0.4, -0.2) is 22.6 Å². The first kappa shape index (κ1) is 15.0. The Balaban J connectivity index is 2.73. The molecule has 0 atom stereocenters. The Kier molecular flexibility index (Phi) is 4.53. The highest BCUT2D eigenvalue weighted by Crippen LogP contribution is 2.15. The van der Waals surface area contributed by atoms with Gasteiger partial charge < -0.3 is 15.7 Å². The van der Waals surface area contributed by atoms with E-state index in [0.29, 0.717) is 5.69 Å². The van der Waals surface area contributed by atoms with Crippen molar-refractivity contribution in [1.29, 1.82) is 0 Å². The van der Waals surface area contributed by atoms with Gasteiger partial charge in [-0.2, -0.15) is 0 Å². The molecule has 0 aliphatic rings. The van der Waals surface area contributed by atoms with Crippen molar-refractivity contribution in [2.75, 3.05) is 5.32 Å². The smallest absolute Gasteiger partial charge is 0.328 e. The van der Waals surface area contributed by atoms with Gasteiger partial charge in [0.1, 0.15) is 5.54 Å². The van der Waals surface area contributed by atoms with Gasteiger partial charge in [-0.1, -0.05) is 13.0 Å². The molecule has 104 valence electrons. The van der Waals surface area contributed by atoms with Crippen molar-refractivity contribution in [3.05, 3.63) is 29.3 Å². The molecule has 0 aliphatic carbocycles. The highest BCUT2D eigenvalue weighted by Gasteiger charge is 2.28. The van der Waals surface area contributed by atoms with Crippen molar-refractivity contribution in [1.82, 2.24) is 5.32 Å².